The molecule has 3 rings (SSSR count). The lowest BCUT2D eigenvalue weighted by Gasteiger charge is -2.13. The van der Waals surface area contributed by atoms with Crippen LogP contribution in [0, 0.1) is 0 Å². The largest absolute Gasteiger partial charge is 0.332 e. The maximum Gasteiger partial charge on any atom is 0.332 e. The molecule has 0 aliphatic heterocycles. The smallest absolute Gasteiger partial charge is 0.325 e. The molecule has 0 aliphatic rings. The summed E-state index contributed by atoms with van der Waals surface area (Å²) >= 11 is 7.19. The van der Waals surface area contributed by atoms with Crippen LogP contribution in [0.5, 0.6) is 0 Å². The number of carbonyl (C=O) groups is 1. The van der Waals surface area contributed by atoms with Crippen LogP contribution in [0.3, 0.4) is 0 Å². The molecule has 28 heavy (non-hydrogen) atoms. The van der Waals surface area contributed by atoms with Gasteiger partial charge in [-0.05, 0) is 30.2 Å². The van der Waals surface area contributed by atoms with E-state index in [1.807, 2.05) is 6.92 Å². The molecule has 1 N–H and O–H groups in total. The second kappa shape index (κ2) is 8.20. The molecule has 0 fully saturated rings. The van der Waals surface area contributed by atoms with Crippen molar-refractivity contribution < 1.29 is 4.79 Å². The Bertz CT molecular complexity index is 1190. The number of anilines is 1. The molecule has 2 aromatic heterocycles. The first-order valence-electron chi connectivity index (χ1n) is 8.59. The number of aromatic nitrogens is 3. The van der Waals surface area contributed by atoms with E-state index in [0.717, 1.165) is 10.1 Å². The van der Waals surface area contributed by atoms with Crippen LogP contribution in [0.15, 0.2) is 44.9 Å². The van der Waals surface area contributed by atoms with E-state index < -0.39 is 11.2 Å². The molecule has 7 nitrogen and oxygen atoms in total. The third-order valence-corrected chi connectivity index (χ3v) is 5.73. The Morgan fingerprint density at radius 1 is 1.25 bits per heavy atom. The van der Waals surface area contributed by atoms with Crippen LogP contribution in [0.4, 0.5) is 5.69 Å². The van der Waals surface area contributed by atoms with Gasteiger partial charge in [0, 0.05) is 35.9 Å². The fraction of sp³-hybridized carbons (Fsp3) is 0.263. The minimum atomic E-state index is -0.441. The van der Waals surface area contributed by atoms with Gasteiger partial charge in [0.15, 0.2) is 0 Å². The van der Waals surface area contributed by atoms with Gasteiger partial charge in [-0.15, -0.1) is 11.8 Å². The average Bonchev–Trinajstić information content (AvgIpc) is 2.68. The van der Waals surface area contributed by atoms with Crippen molar-refractivity contribution in [2.75, 3.05) is 11.1 Å². The third kappa shape index (κ3) is 3.83. The van der Waals surface area contributed by atoms with E-state index in [4.69, 9.17) is 11.6 Å². The molecule has 9 heteroatoms. The third-order valence-electron chi connectivity index (χ3n) is 4.33. The van der Waals surface area contributed by atoms with Gasteiger partial charge in [-0.25, -0.2) is 9.78 Å². The van der Waals surface area contributed by atoms with Crippen LogP contribution in [-0.2, 0) is 25.3 Å². The van der Waals surface area contributed by atoms with E-state index in [2.05, 4.69) is 10.3 Å². The van der Waals surface area contributed by atoms with Crippen LogP contribution in [0.25, 0.3) is 11.0 Å². The van der Waals surface area contributed by atoms with Gasteiger partial charge < -0.3 is 5.32 Å². The van der Waals surface area contributed by atoms with E-state index >= 15 is 0 Å². The number of nitrogens with one attached hydrogen (secondary N) is 1. The second-order valence-electron chi connectivity index (χ2n) is 6.22. The lowest BCUT2D eigenvalue weighted by molar-refractivity contribution is -0.113. The number of nitrogens with zero attached hydrogens (tertiary/aromatic N) is 3. The maximum atomic E-state index is 12.7. The SMILES string of the molecule is CCc1cnc2c(c1SCC(=O)Nc1cccc(Cl)c1)c(=O)n(C)c(=O)n2C. The van der Waals surface area contributed by atoms with Crippen molar-refractivity contribution in [3.63, 3.8) is 0 Å². The summed E-state index contributed by atoms with van der Waals surface area (Å²) in [5.74, 6) is -0.120. The summed E-state index contributed by atoms with van der Waals surface area (Å²) in [6, 6.07) is 6.89. The van der Waals surface area contributed by atoms with Gasteiger partial charge in [0.25, 0.3) is 5.56 Å². The first-order chi connectivity index (χ1) is 13.3. The zero-order valence-electron chi connectivity index (χ0n) is 15.7. The van der Waals surface area contributed by atoms with E-state index in [0.29, 0.717) is 33.1 Å². The Morgan fingerprint density at radius 3 is 2.68 bits per heavy atom. The minimum absolute atomic E-state index is 0.102. The van der Waals surface area contributed by atoms with Crippen LogP contribution >= 0.6 is 23.4 Å². The number of amides is 1. The van der Waals surface area contributed by atoms with Gasteiger partial charge in [0.2, 0.25) is 5.91 Å². The van der Waals surface area contributed by atoms with Crippen molar-refractivity contribution in [1.29, 1.82) is 0 Å². The molecule has 146 valence electrons. The number of aryl methyl sites for hydroxylation is 2. The number of fused-ring (bicyclic) bond motifs is 1. The topological polar surface area (TPSA) is 86.0 Å². The van der Waals surface area contributed by atoms with Crippen molar-refractivity contribution >= 4 is 46.0 Å². The first kappa shape index (κ1) is 20.2. The Hall–Kier alpha value is -2.58. The molecular formula is C19H19ClN4O3S. The summed E-state index contributed by atoms with van der Waals surface area (Å²) in [6.07, 6.45) is 2.30. The molecule has 0 radical (unpaired) electrons. The Morgan fingerprint density at radius 2 is 2.00 bits per heavy atom. The fourth-order valence-electron chi connectivity index (χ4n) is 2.86. The van der Waals surface area contributed by atoms with Crippen molar-refractivity contribution in [1.82, 2.24) is 14.1 Å². The van der Waals surface area contributed by atoms with Crippen LogP contribution in [0.2, 0.25) is 5.02 Å². The van der Waals surface area contributed by atoms with Gasteiger partial charge in [0.1, 0.15) is 5.65 Å². The van der Waals surface area contributed by atoms with Crippen LogP contribution in [-0.4, -0.2) is 25.8 Å². The summed E-state index contributed by atoms with van der Waals surface area (Å²) in [4.78, 5) is 42.3. The quantitative estimate of drug-likeness (QED) is 0.643. The highest BCUT2D eigenvalue weighted by atomic mass is 35.5. The van der Waals surface area contributed by atoms with E-state index in [-0.39, 0.29) is 11.7 Å². The van der Waals surface area contributed by atoms with Gasteiger partial charge in [-0.1, -0.05) is 24.6 Å². The van der Waals surface area contributed by atoms with Gasteiger partial charge >= 0.3 is 5.69 Å². The number of pyridine rings is 1. The van der Waals surface area contributed by atoms with Crippen LogP contribution < -0.4 is 16.6 Å². The minimum Gasteiger partial charge on any atom is -0.325 e. The Kier molecular flexibility index (Phi) is 5.90. The molecule has 1 aromatic carbocycles. The van der Waals surface area contributed by atoms with Crippen molar-refractivity contribution in [3.8, 4) is 0 Å². The molecule has 0 saturated carbocycles. The normalized spacial score (nSPS) is 11.0. The van der Waals surface area contributed by atoms with E-state index in [9.17, 15) is 14.4 Å². The zero-order valence-corrected chi connectivity index (χ0v) is 17.2. The summed E-state index contributed by atoms with van der Waals surface area (Å²) < 4.78 is 2.39. The number of hydrogen-bond donors (Lipinski definition) is 1. The predicted molar refractivity (Wildman–Crippen MR) is 112 cm³/mol. The molecule has 0 spiro atoms. The van der Waals surface area contributed by atoms with Gasteiger partial charge in [0.05, 0.1) is 11.1 Å². The molecule has 0 bridgehead atoms. The highest BCUT2D eigenvalue weighted by Gasteiger charge is 2.18. The highest BCUT2D eigenvalue weighted by molar-refractivity contribution is 8.00. The number of rotatable bonds is 5. The number of halogens is 1. The number of hydrogen-bond acceptors (Lipinski definition) is 5. The Balaban J connectivity index is 1.97. The monoisotopic (exact) mass is 418 g/mol. The highest BCUT2D eigenvalue weighted by Crippen LogP contribution is 2.28. The maximum absolute atomic E-state index is 12.7. The van der Waals surface area contributed by atoms with Gasteiger partial charge in [-0.3, -0.25) is 18.7 Å². The molecular weight excluding hydrogens is 400 g/mol. The lowest BCUT2D eigenvalue weighted by atomic mass is 10.2. The van der Waals surface area contributed by atoms with Crippen LogP contribution in [0.1, 0.15) is 12.5 Å². The van der Waals surface area contributed by atoms with Crippen molar-refractivity contribution in [2.24, 2.45) is 14.1 Å². The van der Waals surface area contributed by atoms with E-state index in [1.54, 1.807) is 37.5 Å². The summed E-state index contributed by atoms with van der Waals surface area (Å²) in [7, 11) is 3.01. The summed E-state index contributed by atoms with van der Waals surface area (Å²) in [6.45, 7) is 1.95. The predicted octanol–water partition coefficient (Wildman–Crippen LogP) is 2.58. The molecule has 0 aliphatic carbocycles. The molecule has 2 heterocycles. The van der Waals surface area contributed by atoms with Crippen molar-refractivity contribution in [2.45, 2.75) is 18.2 Å². The standard InChI is InChI=1S/C19H19ClN4O3S/c1-4-11-9-21-17-15(18(26)24(3)19(27)23(17)2)16(11)28-10-14(25)22-13-7-5-6-12(20)8-13/h5-9H,4,10H2,1-3H3,(H,22,25). The molecule has 0 atom stereocenters. The van der Waals surface area contributed by atoms with Gasteiger partial charge in [-0.2, -0.15) is 0 Å². The van der Waals surface area contributed by atoms with Crippen molar-refractivity contribution in [3.05, 3.63) is 61.9 Å². The second-order valence-corrected chi connectivity index (χ2v) is 7.64. The number of carbonyl (C=O) groups excluding carboxylic acids is 1. The van der Waals surface area contributed by atoms with E-state index in [1.165, 1.54) is 23.4 Å². The zero-order chi connectivity index (χ0) is 20.4. The molecule has 0 unspecified atom stereocenters. The summed E-state index contributed by atoms with van der Waals surface area (Å²) in [5, 5.41) is 3.67. The Labute approximate surface area is 170 Å². The molecule has 0 saturated heterocycles. The summed E-state index contributed by atoms with van der Waals surface area (Å²) in [5.41, 5.74) is 0.904. The molecule has 3 aromatic rings. The molecule has 1 amide bonds. The first-order valence-corrected chi connectivity index (χ1v) is 9.95. The number of thioether (sulfide) groups is 1. The fourth-order valence-corrected chi connectivity index (χ4v) is 4.10. The number of benzene rings is 1. The lowest BCUT2D eigenvalue weighted by Crippen LogP contribution is -2.37. The average molecular weight is 419 g/mol.